The average Bonchev–Trinajstić information content (AvgIpc) is 2.37. The third-order valence-corrected chi connectivity index (χ3v) is 3.92. The van der Waals surface area contributed by atoms with Gasteiger partial charge < -0.3 is 10.1 Å². The Labute approximate surface area is 117 Å². The molecule has 0 saturated heterocycles. The van der Waals surface area contributed by atoms with Gasteiger partial charge in [0, 0.05) is 0 Å². The molecule has 1 unspecified atom stereocenters. The molecule has 1 aliphatic rings. The molecule has 1 aromatic rings. The summed E-state index contributed by atoms with van der Waals surface area (Å²) >= 11 is 0. The molecular weight excluding hydrogens is 234 g/mol. The monoisotopic (exact) mass is 261 g/mol. The maximum absolute atomic E-state index is 5.96. The van der Waals surface area contributed by atoms with Gasteiger partial charge in [0.05, 0.1) is 18.8 Å². The van der Waals surface area contributed by atoms with Crippen LogP contribution in [0, 0.1) is 0 Å². The molecule has 2 heteroatoms. The van der Waals surface area contributed by atoms with Crippen molar-refractivity contribution in [1.29, 1.82) is 0 Å². The van der Waals surface area contributed by atoms with Crippen LogP contribution in [0.4, 0.5) is 0 Å². The van der Waals surface area contributed by atoms with E-state index in [0.29, 0.717) is 12.1 Å². The minimum atomic E-state index is 0.335. The summed E-state index contributed by atoms with van der Waals surface area (Å²) < 4.78 is 5.96. The van der Waals surface area contributed by atoms with Crippen LogP contribution in [0.25, 0.3) is 0 Å². The van der Waals surface area contributed by atoms with Crippen LogP contribution in [0.3, 0.4) is 0 Å². The van der Waals surface area contributed by atoms with Gasteiger partial charge in [0.2, 0.25) is 0 Å². The Bertz CT molecular complexity index is 356. The molecule has 0 amide bonds. The molecule has 1 aromatic carbocycles. The number of hydrogen-bond acceptors (Lipinski definition) is 2. The normalized spacial score (nSPS) is 17.2. The number of nitrogens with one attached hydrogen (secondary N) is 1. The smallest absolute Gasteiger partial charge is 0.0665 e. The number of hydrogen-bond donors (Lipinski definition) is 1. The molecule has 106 valence electrons. The number of benzene rings is 1. The highest BCUT2D eigenvalue weighted by Gasteiger charge is 2.20. The molecule has 2 rings (SSSR count). The standard InChI is InChI=1S/C17H27NO/c1-3-6-14-9-11-15(12-10-14)17(18-4-2)13-19-16-7-5-8-16/h9-12,16-18H,3-8,13H2,1-2H3. The first-order chi connectivity index (χ1) is 9.33. The van der Waals surface area contributed by atoms with Gasteiger partial charge in [-0.1, -0.05) is 44.5 Å². The van der Waals surface area contributed by atoms with E-state index in [2.05, 4.69) is 43.4 Å². The highest BCUT2D eigenvalue weighted by atomic mass is 16.5. The van der Waals surface area contributed by atoms with Crippen LogP contribution >= 0.6 is 0 Å². The Morgan fingerprint density at radius 3 is 2.47 bits per heavy atom. The van der Waals surface area contributed by atoms with E-state index in [0.717, 1.165) is 13.2 Å². The van der Waals surface area contributed by atoms with E-state index in [1.807, 2.05) is 0 Å². The Balaban J connectivity index is 1.91. The number of ether oxygens (including phenoxy) is 1. The largest absolute Gasteiger partial charge is 0.376 e. The molecule has 19 heavy (non-hydrogen) atoms. The molecule has 1 N–H and O–H groups in total. The van der Waals surface area contributed by atoms with Gasteiger partial charge in [-0.3, -0.25) is 0 Å². The maximum Gasteiger partial charge on any atom is 0.0665 e. The van der Waals surface area contributed by atoms with Gasteiger partial charge in [0.15, 0.2) is 0 Å². The summed E-state index contributed by atoms with van der Waals surface area (Å²) in [4.78, 5) is 0. The van der Waals surface area contributed by atoms with Gasteiger partial charge in [-0.25, -0.2) is 0 Å². The molecule has 0 radical (unpaired) electrons. The molecule has 0 aliphatic heterocycles. The van der Waals surface area contributed by atoms with E-state index in [4.69, 9.17) is 4.74 Å². The SMILES string of the molecule is CCCc1ccc(C(COC2CCC2)NCC)cc1. The lowest BCUT2D eigenvalue weighted by molar-refractivity contribution is -0.00860. The summed E-state index contributed by atoms with van der Waals surface area (Å²) in [5.74, 6) is 0. The summed E-state index contributed by atoms with van der Waals surface area (Å²) in [7, 11) is 0. The molecular formula is C17H27NO. The summed E-state index contributed by atoms with van der Waals surface area (Å²) in [5.41, 5.74) is 2.78. The fraction of sp³-hybridized carbons (Fsp3) is 0.647. The zero-order valence-electron chi connectivity index (χ0n) is 12.3. The second kappa shape index (κ2) is 7.66. The van der Waals surface area contributed by atoms with E-state index >= 15 is 0 Å². The predicted molar refractivity (Wildman–Crippen MR) is 80.4 cm³/mol. The van der Waals surface area contributed by atoms with E-state index in [1.54, 1.807) is 0 Å². The van der Waals surface area contributed by atoms with Gasteiger partial charge in [0.1, 0.15) is 0 Å². The molecule has 1 fully saturated rings. The first-order valence-electron chi connectivity index (χ1n) is 7.77. The zero-order valence-corrected chi connectivity index (χ0v) is 12.3. The Hall–Kier alpha value is -0.860. The van der Waals surface area contributed by atoms with E-state index in [-0.39, 0.29) is 0 Å². The molecule has 0 aromatic heterocycles. The summed E-state index contributed by atoms with van der Waals surface area (Å²) in [5, 5.41) is 3.53. The Morgan fingerprint density at radius 1 is 1.21 bits per heavy atom. The van der Waals surface area contributed by atoms with Crippen molar-refractivity contribution in [2.24, 2.45) is 0 Å². The molecule has 0 heterocycles. The minimum Gasteiger partial charge on any atom is -0.376 e. The minimum absolute atomic E-state index is 0.335. The highest BCUT2D eigenvalue weighted by molar-refractivity contribution is 5.25. The van der Waals surface area contributed by atoms with E-state index < -0.39 is 0 Å². The van der Waals surface area contributed by atoms with Crippen molar-refractivity contribution in [2.45, 2.75) is 58.1 Å². The van der Waals surface area contributed by atoms with Crippen LogP contribution < -0.4 is 5.32 Å². The average molecular weight is 261 g/mol. The lowest BCUT2D eigenvalue weighted by Crippen LogP contribution is -2.30. The zero-order chi connectivity index (χ0) is 13.5. The molecule has 2 nitrogen and oxygen atoms in total. The van der Waals surface area contributed by atoms with Crippen LogP contribution in [0.15, 0.2) is 24.3 Å². The summed E-state index contributed by atoms with van der Waals surface area (Å²) in [6.07, 6.45) is 6.72. The van der Waals surface area contributed by atoms with Gasteiger partial charge in [-0.05, 0) is 43.4 Å². The van der Waals surface area contributed by atoms with Crippen LogP contribution in [0.2, 0.25) is 0 Å². The van der Waals surface area contributed by atoms with E-state index in [9.17, 15) is 0 Å². The van der Waals surface area contributed by atoms with Crippen LogP contribution in [-0.2, 0) is 11.2 Å². The van der Waals surface area contributed by atoms with Crippen LogP contribution in [0.5, 0.6) is 0 Å². The Morgan fingerprint density at radius 2 is 1.95 bits per heavy atom. The molecule has 0 spiro atoms. The number of likely N-dealkylation sites (N-methyl/N-ethyl adjacent to an activating group) is 1. The second-order valence-corrected chi connectivity index (χ2v) is 5.49. The lowest BCUT2D eigenvalue weighted by atomic mass is 9.96. The molecule has 1 saturated carbocycles. The topological polar surface area (TPSA) is 21.3 Å². The van der Waals surface area contributed by atoms with Gasteiger partial charge in [0.25, 0.3) is 0 Å². The first-order valence-corrected chi connectivity index (χ1v) is 7.77. The van der Waals surface area contributed by atoms with Gasteiger partial charge in [-0.15, -0.1) is 0 Å². The fourth-order valence-corrected chi connectivity index (χ4v) is 2.49. The third-order valence-electron chi connectivity index (χ3n) is 3.92. The van der Waals surface area contributed by atoms with Gasteiger partial charge >= 0.3 is 0 Å². The predicted octanol–water partition coefficient (Wildman–Crippen LogP) is 3.86. The highest BCUT2D eigenvalue weighted by Crippen LogP contribution is 2.24. The van der Waals surface area contributed by atoms with Crippen LogP contribution in [0.1, 0.15) is 56.7 Å². The first kappa shape index (κ1) is 14.5. The van der Waals surface area contributed by atoms with Crippen LogP contribution in [-0.4, -0.2) is 19.3 Å². The second-order valence-electron chi connectivity index (χ2n) is 5.49. The number of aryl methyl sites for hydroxylation is 1. The molecule has 1 aliphatic carbocycles. The van der Waals surface area contributed by atoms with Crippen molar-refractivity contribution in [3.63, 3.8) is 0 Å². The Kier molecular flexibility index (Phi) is 5.87. The van der Waals surface area contributed by atoms with Crippen molar-refractivity contribution in [3.05, 3.63) is 35.4 Å². The summed E-state index contributed by atoms with van der Waals surface area (Å²) in [6.45, 7) is 6.16. The van der Waals surface area contributed by atoms with Crippen molar-refractivity contribution in [3.8, 4) is 0 Å². The summed E-state index contributed by atoms with van der Waals surface area (Å²) in [6, 6.07) is 9.35. The third kappa shape index (κ3) is 4.32. The molecule has 1 atom stereocenters. The number of rotatable bonds is 8. The van der Waals surface area contributed by atoms with Crippen molar-refractivity contribution < 1.29 is 4.74 Å². The maximum atomic E-state index is 5.96. The van der Waals surface area contributed by atoms with Crippen molar-refractivity contribution >= 4 is 0 Å². The lowest BCUT2D eigenvalue weighted by Gasteiger charge is -2.28. The van der Waals surface area contributed by atoms with Gasteiger partial charge in [-0.2, -0.15) is 0 Å². The van der Waals surface area contributed by atoms with Crippen molar-refractivity contribution in [1.82, 2.24) is 5.32 Å². The van der Waals surface area contributed by atoms with E-state index in [1.165, 1.54) is 43.2 Å². The quantitative estimate of drug-likeness (QED) is 0.767. The fourth-order valence-electron chi connectivity index (χ4n) is 2.49. The molecule has 0 bridgehead atoms. The van der Waals surface area contributed by atoms with Crippen molar-refractivity contribution in [2.75, 3.05) is 13.2 Å².